The van der Waals surface area contributed by atoms with Crippen molar-refractivity contribution in [2.75, 3.05) is 10.6 Å². The van der Waals surface area contributed by atoms with Gasteiger partial charge in [-0.2, -0.15) is 5.26 Å². The molecule has 0 radical (unpaired) electrons. The number of nitriles is 1. The maximum Gasteiger partial charge on any atom is 0.253 e. The van der Waals surface area contributed by atoms with Gasteiger partial charge in [-0.15, -0.1) is 0 Å². The number of nitrogens with one attached hydrogen (secondary N) is 2. The normalized spacial score (nSPS) is 11.3. The molecular formula is C18H21N3O2. The van der Waals surface area contributed by atoms with Crippen LogP contribution in [-0.2, 0) is 6.42 Å². The molecule has 0 fully saturated rings. The van der Waals surface area contributed by atoms with E-state index in [-0.39, 0.29) is 5.54 Å². The lowest BCUT2D eigenvalue weighted by Crippen LogP contribution is -2.41. The zero-order valence-electron chi connectivity index (χ0n) is 14.1. The van der Waals surface area contributed by atoms with Crippen LogP contribution in [-0.4, -0.2) is 5.54 Å². The highest BCUT2D eigenvalue weighted by atomic mass is 16.2. The van der Waals surface area contributed by atoms with Crippen LogP contribution in [0.15, 0.2) is 21.7 Å². The van der Waals surface area contributed by atoms with Crippen LogP contribution in [0.3, 0.4) is 0 Å². The summed E-state index contributed by atoms with van der Waals surface area (Å²) in [7, 11) is 0. The largest absolute Gasteiger partial charge is 0.375 e. The van der Waals surface area contributed by atoms with Crippen LogP contribution in [0.1, 0.15) is 44.4 Å². The fraction of sp³-hybridized carbons (Fsp3) is 0.389. The molecule has 0 aliphatic heterocycles. The Labute approximate surface area is 135 Å². The molecule has 0 heterocycles. The molecule has 0 aliphatic rings. The monoisotopic (exact) mass is 311 g/mol. The highest BCUT2D eigenvalue weighted by Crippen LogP contribution is 2.28. The van der Waals surface area contributed by atoms with Crippen LogP contribution in [0.25, 0.3) is 0 Å². The summed E-state index contributed by atoms with van der Waals surface area (Å²) in [5, 5.41) is 15.3. The van der Waals surface area contributed by atoms with Crippen molar-refractivity contribution in [2.24, 2.45) is 0 Å². The van der Waals surface area contributed by atoms with Crippen LogP contribution < -0.4 is 21.5 Å². The molecule has 2 rings (SSSR count). The van der Waals surface area contributed by atoms with Gasteiger partial charge in [-0.3, -0.25) is 9.59 Å². The van der Waals surface area contributed by atoms with E-state index in [2.05, 4.69) is 16.7 Å². The molecule has 0 atom stereocenters. The van der Waals surface area contributed by atoms with Crippen molar-refractivity contribution < 1.29 is 0 Å². The molecule has 2 N–H and O–H groups in total. The lowest BCUT2D eigenvalue weighted by Gasteiger charge is -2.25. The predicted molar refractivity (Wildman–Crippen MR) is 93.3 cm³/mol. The fourth-order valence-corrected chi connectivity index (χ4v) is 2.59. The van der Waals surface area contributed by atoms with E-state index in [4.69, 9.17) is 5.26 Å². The second-order valence-corrected chi connectivity index (χ2v) is 6.64. The minimum absolute atomic E-state index is 0.291. The molecule has 2 aromatic rings. The van der Waals surface area contributed by atoms with Crippen molar-refractivity contribution in [3.05, 3.63) is 49.3 Å². The first-order valence-corrected chi connectivity index (χ1v) is 7.60. The lowest BCUT2D eigenvalue weighted by molar-refractivity contribution is 0.632. The van der Waals surface area contributed by atoms with E-state index >= 15 is 0 Å². The van der Waals surface area contributed by atoms with Gasteiger partial charge in [0.1, 0.15) is 11.4 Å². The Hall–Kier alpha value is -2.61. The number of hydrogen-bond acceptors (Lipinski definition) is 5. The average molecular weight is 311 g/mol. The van der Waals surface area contributed by atoms with Gasteiger partial charge in [0.2, 0.25) is 0 Å². The van der Waals surface area contributed by atoms with E-state index in [0.717, 1.165) is 23.2 Å². The first kappa shape index (κ1) is 16.8. The van der Waals surface area contributed by atoms with Gasteiger partial charge < -0.3 is 10.6 Å². The molecule has 0 amide bonds. The Kier molecular flexibility index (Phi) is 4.28. The van der Waals surface area contributed by atoms with Crippen molar-refractivity contribution in [1.82, 2.24) is 0 Å². The molecule has 0 unspecified atom stereocenters. The number of anilines is 3. The number of rotatable bonds is 4. The summed E-state index contributed by atoms with van der Waals surface area (Å²) in [5.74, 6) is 0. The van der Waals surface area contributed by atoms with Gasteiger partial charge in [0.05, 0.1) is 11.6 Å². The topological polar surface area (TPSA) is 82.0 Å². The third-order valence-corrected chi connectivity index (χ3v) is 3.74. The van der Waals surface area contributed by atoms with Crippen molar-refractivity contribution in [2.45, 2.75) is 46.6 Å². The van der Waals surface area contributed by atoms with Gasteiger partial charge >= 0.3 is 0 Å². The molecule has 2 aromatic carbocycles. The number of hydrogen-bond donors (Lipinski definition) is 2. The fourth-order valence-electron chi connectivity index (χ4n) is 2.59. The summed E-state index contributed by atoms with van der Waals surface area (Å²) >= 11 is 0. The maximum atomic E-state index is 11.9. The highest BCUT2D eigenvalue weighted by Gasteiger charge is 2.25. The van der Waals surface area contributed by atoms with Crippen LogP contribution >= 0.6 is 0 Å². The van der Waals surface area contributed by atoms with E-state index in [1.54, 1.807) is 12.1 Å². The minimum Gasteiger partial charge on any atom is -0.375 e. The molecule has 5 nitrogen and oxygen atoms in total. The van der Waals surface area contributed by atoms with Crippen LogP contribution in [0.2, 0.25) is 0 Å². The molecule has 23 heavy (non-hydrogen) atoms. The quantitative estimate of drug-likeness (QED) is 0.848. The molecule has 0 saturated heterocycles. The third-order valence-electron chi connectivity index (χ3n) is 3.74. The SMILES string of the molecule is CCc1c(C#N)ccc(Nc2c(NC(C)(C)C)c(=O)c2=O)c1C. The minimum atomic E-state index is -0.515. The molecular weight excluding hydrogens is 290 g/mol. The Balaban J connectivity index is 2.42. The summed E-state index contributed by atoms with van der Waals surface area (Å²) in [4.78, 5) is 23.7. The van der Waals surface area contributed by atoms with Crippen molar-refractivity contribution >= 4 is 17.1 Å². The van der Waals surface area contributed by atoms with E-state index in [9.17, 15) is 9.59 Å². The highest BCUT2D eigenvalue weighted by molar-refractivity contribution is 5.80. The Morgan fingerprint density at radius 3 is 2.26 bits per heavy atom. The smallest absolute Gasteiger partial charge is 0.253 e. The number of benzene rings is 1. The molecule has 0 bridgehead atoms. The first-order valence-electron chi connectivity index (χ1n) is 7.60. The molecule has 0 spiro atoms. The second kappa shape index (κ2) is 5.88. The van der Waals surface area contributed by atoms with Crippen LogP contribution in [0, 0.1) is 18.3 Å². The Bertz CT molecular complexity index is 860. The van der Waals surface area contributed by atoms with Gasteiger partial charge in [-0.25, -0.2) is 0 Å². The first-order chi connectivity index (χ1) is 10.7. The van der Waals surface area contributed by atoms with Crippen molar-refractivity contribution in [3.63, 3.8) is 0 Å². The predicted octanol–water partition coefficient (Wildman–Crippen LogP) is 2.98. The van der Waals surface area contributed by atoms with E-state index in [1.807, 2.05) is 34.6 Å². The molecule has 0 aliphatic carbocycles. The summed E-state index contributed by atoms with van der Waals surface area (Å²) in [6.45, 7) is 9.67. The van der Waals surface area contributed by atoms with Gasteiger partial charge in [-0.05, 0) is 57.4 Å². The van der Waals surface area contributed by atoms with Crippen LogP contribution in [0.4, 0.5) is 17.1 Å². The second-order valence-electron chi connectivity index (χ2n) is 6.64. The van der Waals surface area contributed by atoms with E-state index in [1.165, 1.54) is 0 Å². The zero-order chi connectivity index (χ0) is 17.4. The summed E-state index contributed by atoms with van der Waals surface area (Å²) < 4.78 is 0. The van der Waals surface area contributed by atoms with Crippen LogP contribution in [0.5, 0.6) is 0 Å². The molecule has 5 heteroatoms. The average Bonchev–Trinajstić information content (AvgIpc) is 2.50. The van der Waals surface area contributed by atoms with E-state index in [0.29, 0.717) is 16.9 Å². The van der Waals surface area contributed by atoms with Gasteiger partial charge in [-0.1, -0.05) is 6.92 Å². The molecule has 0 aromatic heterocycles. The van der Waals surface area contributed by atoms with Gasteiger partial charge in [0.25, 0.3) is 10.9 Å². The van der Waals surface area contributed by atoms with E-state index < -0.39 is 10.9 Å². The molecule has 0 saturated carbocycles. The molecule has 120 valence electrons. The number of nitrogens with zero attached hydrogens (tertiary/aromatic N) is 1. The third kappa shape index (κ3) is 3.11. The maximum absolute atomic E-state index is 11.9. The Morgan fingerprint density at radius 1 is 1.13 bits per heavy atom. The summed E-state index contributed by atoms with van der Waals surface area (Å²) in [6, 6.07) is 5.68. The standard InChI is InChI=1S/C18H21N3O2/c1-6-12-10(2)13(8-7-11(12)9-19)20-14-15(17(23)16(14)22)21-18(3,4)5/h7-8,20-21H,6H2,1-5H3. The van der Waals surface area contributed by atoms with Gasteiger partial charge in [0.15, 0.2) is 0 Å². The zero-order valence-corrected chi connectivity index (χ0v) is 14.1. The lowest BCUT2D eigenvalue weighted by atomic mass is 9.98. The summed E-state index contributed by atoms with van der Waals surface area (Å²) in [5.41, 5.74) is 2.53. The van der Waals surface area contributed by atoms with Crippen molar-refractivity contribution in [1.29, 1.82) is 5.26 Å². The van der Waals surface area contributed by atoms with Crippen molar-refractivity contribution in [3.8, 4) is 6.07 Å². The van der Waals surface area contributed by atoms with Gasteiger partial charge in [0, 0.05) is 11.2 Å². The Morgan fingerprint density at radius 2 is 1.74 bits per heavy atom. The summed E-state index contributed by atoms with van der Waals surface area (Å²) in [6.07, 6.45) is 0.725.